The Morgan fingerprint density at radius 2 is 1.84 bits per heavy atom. The minimum Gasteiger partial charge on any atom is -0.481 e. The van der Waals surface area contributed by atoms with Crippen molar-refractivity contribution in [1.29, 1.82) is 0 Å². The fourth-order valence-electron chi connectivity index (χ4n) is 1.29. The lowest BCUT2D eigenvalue weighted by molar-refractivity contribution is -0.149. The normalized spacial score (nSPS) is 15.2. The van der Waals surface area contributed by atoms with E-state index in [1.807, 2.05) is 6.92 Å². The molecule has 1 amide bonds. The van der Waals surface area contributed by atoms with Gasteiger partial charge in [-0.25, -0.2) is 0 Å². The number of hydrogen-bond acceptors (Lipinski definition) is 5. The van der Waals surface area contributed by atoms with E-state index in [2.05, 4.69) is 5.32 Å². The van der Waals surface area contributed by atoms with E-state index in [1.165, 1.54) is 0 Å². The summed E-state index contributed by atoms with van der Waals surface area (Å²) in [4.78, 5) is 33.3. The molecule has 0 saturated carbocycles. The van der Waals surface area contributed by atoms with Crippen LogP contribution in [0.3, 0.4) is 0 Å². The number of ether oxygens (including phenoxy) is 1. The second-order valence-corrected chi connectivity index (χ2v) is 4.53. The Morgan fingerprint density at radius 3 is 2.32 bits per heavy atom. The van der Waals surface area contributed by atoms with Gasteiger partial charge in [-0.2, -0.15) is 0 Å². The molecular formula is C12H22N2O5. The molecule has 19 heavy (non-hydrogen) atoms. The number of carbonyl (C=O) groups is 3. The van der Waals surface area contributed by atoms with E-state index in [4.69, 9.17) is 15.6 Å². The summed E-state index contributed by atoms with van der Waals surface area (Å²) in [6.07, 6.45) is 0.131. The molecule has 0 fully saturated rings. The Hall–Kier alpha value is -1.63. The van der Waals surface area contributed by atoms with Crippen molar-refractivity contribution in [1.82, 2.24) is 5.32 Å². The van der Waals surface area contributed by atoms with Crippen molar-refractivity contribution in [2.24, 2.45) is 5.73 Å². The van der Waals surface area contributed by atoms with E-state index >= 15 is 0 Å². The van der Waals surface area contributed by atoms with Crippen molar-refractivity contribution in [2.45, 2.75) is 58.2 Å². The lowest BCUT2D eigenvalue weighted by atomic mass is 10.1. The lowest BCUT2D eigenvalue weighted by Gasteiger charge is -2.17. The van der Waals surface area contributed by atoms with Crippen LogP contribution < -0.4 is 11.1 Å². The zero-order chi connectivity index (χ0) is 15.0. The van der Waals surface area contributed by atoms with Gasteiger partial charge in [-0.15, -0.1) is 0 Å². The minimum absolute atomic E-state index is 0.0237. The summed E-state index contributed by atoms with van der Waals surface area (Å²) in [5, 5.41) is 11.0. The number of amides is 1. The summed E-state index contributed by atoms with van der Waals surface area (Å²) in [5.74, 6) is -2.15. The molecule has 7 heteroatoms. The number of carboxylic acids is 1. The third-order valence-electron chi connectivity index (χ3n) is 2.50. The Balaban J connectivity index is 4.09. The van der Waals surface area contributed by atoms with Crippen molar-refractivity contribution in [3.8, 4) is 0 Å². The Morgan fingerprint density at radius 1 is 1.26 bits per heavy atom. The van der Waals surface area contributed by atoms with Crippen LogP contribution in [0.5, 0.6) is 0 Å². The molecular weight excluding hydrogens is 252 g/mol. The van der Waals surface area contributed by atoms with E-state index in [1.54, 1.807) is 13.8 Å². The fraction of sp³-hybridized carbons (Fsp3) is 0.750. The van der Waals surface area contributed by atoms with Crippen LogP contribution in [-0.2, 0) is 19.1 Å². The highest BCUT2D eigenvalue weighted by Gasteiger charge is 2.20. The predicted molar refractivity (Wildman–Crippen MR) is 68.3 cm³/mol. The molecule has 0 spiro atoms. The molecule has 4 N–H and O–H groups in total. The maximum atomic E-state index is 11.5. The highest BCUT2D eigenvalue weighted by molar-refractivity contribution is 5.86. The second kappa shape index (κ2) is 8.47. The van der Waals surface area contributed by atoms with E-state index in [-0.39, 0.29) is 12.5 Å². The number of carboxylic acid groups (broad SMARTS) is 1. The summed E-state index contributed by atoms with van der Waals surface area (Å²) in [6, 6.07) is -1.57. The van der Waals surface area contributed by atoms with Gasteiger partial charge >= 0.3 is 11.9 Å². The lowest BCUT2D eigenvalue weighted by Crippen LogP contribution is -2.46. The molecule has 7 nitrogen and oxygen atoms in total. The molecule has 0 aromatic carbocycles. The van der Waals surface area contributed by atoms with Crippen LogP contribution in [-0.4, -0.2) is 41.1 Å². The third kappa shape index (κ3) is 8.15. The van der Waals surface area contributed by atoms with Crippen molar-refractivity contribution in [3.05, 3.63) is 0 Å². The first-order valence-electron chi connectivity index (χ1n) is 6.23. The molecule has 0 aliphatic carbocycles. The van der Waals surface area contributed by atoms with Gasteiger partial charge in [0, 0.05) is 6.04 Å². The van der Waals surface area contributed by atoms with E-state index in [9.17, 15) is 14.4 Å². The van der Waals surface area contributed by atoms with Gasteiger partial charge in [-0.05, 0) is 20.3 Å². The maximum Gasteiger partial charge on any atom is 0.308 e. The minimum atomic E-state index is -1.15. The molecule has 0 saturated heterocycles. The average Bonchev–Trinajstić information content (AvgIpc) is 2.27. The maximum absolute atomic E-state index is 11.5. The van der Waals surface area contributed by atoms with Crippen molar-refractivity contribution in [2.75, 3.05) is 0 Å². The Bertz CT molecular complexity index is 332. The molecule has 0 aliphatic heterocycles. The van der Waals surface area contributed by atoms with Gasteiger partial charge in [0.1, 0.15) is 0 Å². The molecule has 0 heterocycles. The standard InChI is InChI=1S/C12H22N2O5/c1-4-8(3)19-11(17)5-7(2)14-12(18)9(13)6-10(15)16/h7-9H,4-6,13H2,1-3H3,(H,14,18)(H,15,16). The Labute approximate surface area is 112 Å². The number of esters is 1. The van der Waals surface area contributed by atoms with Crippen LogP contribution in [0.1, 0.15) is 40.0 Å². The molecule has 0 aliphatic rings. The molecule has 0 aromatic heterocycles. The van der Waals surface area contributed by atoms with Crippen LogP contribution >= 0.6 is 0 Å². The van der Waals surface area contributed by atoms with E-state index < -0.39 is 36.4 Å². The zero-order valence-corrected chi connectivity index (χ0v) is 11.5. The smallest absolute Gasteiger partial charge is 0.308 e. The summed E-state index contributed by atoms with van der Waals surface area (Å²) in [7, 11) is 0. The first-order valence-corrected chi connectivity index (χ1v) is 6.23. The molecule has 0 rings (SSSR count). The SMILES string of the molecule is CCC(C)OC(=O)CC(C)NC(=O)C(N)CC(=O)O. The quantitative estimate of drug-likeness (QED) is 0.537. The first-order chi connectivity index (χ1) is 8.76. The summed E-state index contributed by atoms with van der Waals surface area (Å²) < 4.78 is 5.06. The first kappa shape index (κ1) is 17.4. The van der Waals surface area contributed by atoms with Gasteiger partial charge in [0.2, 0.25) is 5.91 Å². The van der Waals surface area contributed by atoms with E-state index in [0.29, 0.717) is 0 Å². The monoisotopic (exact) mass is 274 g/mol. The number of carbonyl (C=O) groups excluding carboxylic acids is 2. The van der Waals surface area contributed by atoms with Crippen LogP contribution in [0.25, 0.3) is 0 Å². The fourth-order valence-corrected chi connectivity index (χ4v) is 1.29. The van der Waals surface area contributed by atoms with E-state index in [0.717, 1.165) is 6.42 Å². The van der Waals surface area contributed by atoms with Crippen molar-refractivity contribution < 1.29 is 24.2 Å². The Kier molecular flexibility index (Phi) is 7.74. The van der Waals surface area contributed by atoms with Crippen LogP contribution in [0.4, 0.5) is 0 Å². The molecule has 3 atom stereocenters. The van der Waals surface area contributed by atoms with Gasteiger partial charge in [0.15, 0.2) is 0 Å². The van der Waals surface area contributed by atoms with Crippen LogP contribution in [0, 0.1) is 0 Å². The highest BCUT2D eigenvalue weighted by Crippen LogP contribution is 2.01. The second-order valence-electron chi connectivity index (χ2n) is 4.53. The van der Waals surface area contributed by atoms with Gasteiger partial charge in [0.25, 0.3) is 0 Å². The van der Waals surface area contributed by atoms with Crippen LogP contribution in [0.15, 0.2) is 0 Å². The zero-order valence-electron chi connectivity index (χ0n) is 11.5. The molecule has 3 unspecified atom stereocenters. The highest BCUT2D eigenvalue weighted by atomic mass is 16.5. The molecule has 0 radical (unpaired) electrons. The third-order valence-corrected chi connectivity index (χ3v) is 2.50. The average molecular weight is 274 g/mol. The number of hydrogen-bond donors (Lipinski definition) is 3. The number of nitrogens with one attached hydrogen (secondary N) is 1. The van der Waals surface area contributed by atoms with Gasteiger partial charge in [0.05, 0.1) is 25.0 Å². The van der Waals surface area contributed by atoms with Gasteiger partial charge < -0.3 is 20.9 Å². The van der Waals surface area contributed by atoms with Crippen LogP contribution in [0.2, 0.25) is 0 Å². The summed E-state index contributed by atoms with van der Waals surface area (Å²) in [6.45, 7) is 5.31. The van der Waals surface area contributed by atoms with Crippen molar-refractivity contribution in [3.63, 3.8) is 0 Å². The topological polar surface area (TPSA) is 119 Å². The van der Waals surface area contributed by atoms with Gasteiger partial charge in [-0.1, -0.05) is 6.92 Å². The summed E-state index contributed by atoms with van der Waals surface area (Å²) >= 11 is 0. The molecule has 0 bridgehead atoms. The van der Waals surface area contributed by atoms with Crippen molar-refractivity contribution >= 4 is 17.8 Å². The molecule has 0 aromatic rings. The largest absolute Gasteiger partial charge is 0.481 e. The number of nitrogens with two attached hydrogens (primary N) is 1. The summed E-state index contributed by atoms with van der Waals surface area (Å²) in [5.41, 5.74) is 5.39. The number of rotatable bonds is 8. The predicted octanol–water partition coefficient (Wildman–Crippen LogP) is 0.0249. The number of aliphatic carboxylic acids is 1. The van der Waals surface area contributed by atoms with Gasteiger partial charge in [-0.3, -0.25) is 14.4 Å². The molecule has 110 valence electrons.